The molecule has 1 aliphatic rings. The number of rotatable bonds is 3. The lowest BCUT2D eigenvalue weighted by atomic mass is 10.00. The molecule has 2 aromatic rings. The molecule has 0 bridgehead atoms. The van der Waals surface area contributed by atoms with Crippen LogP contribution in [0.25, 0.3) is 0 Å². The van der Waals surface area contributed by atoms with E-state index in [1.165, 1.54) is 11.1 Å². The Morgan fingerprint density at radius 1 is 1.14 bits per heavy atom. The van der Waals surface area contributed by atoms with Crippen molar-refractivity contribution in [2.45, 2.75) is 39.8 Å². The third-order valence-corrected chi connectivity index (χ3v) is 3.71. The van der Waals surface area contributed by atoms with Gasteiger partial charge in [-0.2, -0.15) is 4.98 Å². The maximum absolute atomic E-state index is 4.67. The van der Waals surface area contributed by atoms with Crippen molar-refractivity contribution in [1.82, 2.24) is 9.97 Å². The molecule has 1 aliphatic heterocycles. The van der Waals surface area contributed by atoms with Gasteiger partial charge in [0, 0.05) is 30.9 Å². The van der Waals surface area contributed by atoms with Crippen LogP contribution in [0.5, 0.6) is 0 Å². The molecule has 1 aromatic carbocycles. The van der Waals surface area contributed by atoms with Crippen molar-refractivity contribution in [2.75, 3.05) is 16.8 Å². The minimum atomic E-state index is 0.335. The van der Waals surface area contributed by atoms with Gasteiger partial charge in [-0.3, -0.25) is 0 Å². The molecule has 0 aliphatic carbocycles. The van der Waals surface area contributed by atoms with Gasteiger partial charge in [-0.1, -0.05) is 24.3 Å². The molecule has 0 atom stereocenters. The number of nitrogens with one attached hydrogen (secondary N) is 1. The molecule has 4 heteroatoms. The van der Waals surface area contributed by atoms with Crippen LogP contribution in [0.3, 0.4) is 0 Å². The monoisotopic (exact) mass is 282 g/mol. The van der Waals surface area contributed by atoms with E-state index < -0.39 is 0 Å². The van der Waals surface area contributed by atoms with E-state index in [9.17, 15) is 0 Å². The first kappa shape index (κ1) is 13.9. The average molecular weight is 282 g/mol. The maximum atomic E-state index is 4.67. The van der Waals surface area contributed by atoms with Gasteiger partial charge in [-0.05, 0) is 38.3 Å². The zero-order valence-electron chi connectivity index (χ0n) is 12.9. The number of aromatic nitrogens is 2. The highest BCUT2D eigenvalue weighted by molar-refractivity contribution is 5.48. The largest absolute Gasteiger partial charge is 0.352 e. The Balaban J connectivity index is 1.86. The number of nitrogens with zero attached hydrogens (tertiary/aromatic N) is 3. The fraction of sp³-hybridized carbons (Fsp3) is 0.412. The summed E-state index contributed by atoms with van der Waals surface area (Å²) >= 11 is 0. The Hall–Kier alpha value is -2.10. The molecular weight excluding hydrogens is 260 g/mol. The molecule has 0 unspecified atom stereocenters. The second kappa shape index (κ2) is 5.72. The number of fused-ring (bicyclic) bond motifs is 1. The van der Waals surface area contributed by atoms with E-state index in [1.807, 2.05) is 6.92 Å². The summed E-state index contributed by atoms with van der Waals surface area (Å²) in [7, 11) is 0. The molecule has 110 valence electrons. The first-order valence-electron chi connectivity index (χ1n) is 7.56. The Bertz CT molecular complexity index is 636. The van der Waals surface area contributed by atoms with Gasteiger partial charge >= 0.3 is 0 Å². The van der Waals surface area contributed by atoms with Gasteiger partial charge in [0.05, 0.1) is 0 Å². The van der Waals surface area contributed by atoms with Gasteiger partial charge in [-0.15, -0.1) is 0 Å². The van der Waals surface area contributed by atoms with Crippen LogP contribution in [0.15, 0.2) is 30.3 Å². The highest BCUT2D eigenvalue weighted by atomic mass is 15.2. The molecule has 0 spiro atoms. The van der Waals surface area contributed by atoms with Gasteiger partial charge in [0.2, 0.25) is 5.95 Å². The molecule has 2 heterocycles. The summed E-state index contributed by atoms with van der Waals surface area (Å²) in [5.74, 6) is 1.74. The van der Waals surface area contributed by atoms with Crippen molar-refractivity contribution in [2.24, 2.45) is 0 Å². The summed E-state index contributed by atoms with van der Waals surface area (Å²) in [5, 5.41) is 3.30. The van der Waals surface area contributed by atoms with Crippen LogP contribution in [0, 0.1) is 6.92 Å². The first-order valence-corrected chi connectivity index (χ1v) is 7.56. The molecule has 4 nitrogen and oxygen atoms in total. The summed E-state index contributed by atoms with van der Waals surface area (Å²) in [6, 6.07) is 11.1. The normalized spacial score (nSPS) is 14.2. The van der Waals surface area contributed by atoms with Crippen LogP contribution in [0.4, 0.5) is 11.8 Å². The molecule has 0 radical (unpaired) electrons. The lowest BCUT2D eigenvalue weighted by Crippen LogP contribution is -2.31. The van der Waals surface area contributed by atoms with E-state index in [4.69, 9.17) is 0 Å². The highest BCUT2D eigenvalue weighted by Crippen LogP contribution is 2.24. The molecule has 0 fully saturated rings. The van der Waals surface area contributed by atoms with E-state index in [0.29, 0.717) is 6.04 Å². The van der Waals surface area contributed by atoms with E-state index in [2.05, 4.69) is 64.4 Å². The number of anilines is 2. The molecule has 21 heavy (non-hydrogen) atoms. The van der Waals surface area contributed by atoms with Gasteiger partial charge in [-0.25, -0.2) is 4.98 Å². The minimum absolute atomic E-state index is 0.335. The summed E-state index contributed by atoms with van der Waals surface area (Å²) in [5.41, 5.74) is 3.86. The molecule has 1 aromatic heterocycles. The second-order valence-electron chi connectivity index (χ2n) is 5.93. The maximum Gasteiger partial charge on any atom is 0.225 e. The standard InChI is InChI=1S/C17H22N4/c1-12(2)18-17-19-13(3)10-16(20-17)21-9-8-14-6-4-5-7-15(14)11-21/h4-7,10,12H,8-9,11H2,1-3H3,(H,18,19,20). The van der Waals surface area contributed by atoms with Crippen molar-refractivity contribution in [3.63, 3.8) is 0 Å². The van der Waals surface area contributed by atoms with Crippen LogP contribution in [-0.2, 0) is 13.0 Å². The Kier molecular flexibility index (Phi) is 3.78. The van der Waals surface area contributed by atoms with Crippen molar-refractivity contribution in [3.8, 4) is 0 Å². The number of hydrogen-bond donors (Lipinski definition) is 1. The van der Waals surface area contributed by atoms with Crippen LogP contribution >= 0.6 is 0 Å². The van der Waals surface area contributed by atoms with Crippen molar-refractivity contribution in [1.29, 1.82) is 0 Å². The molecule has 0 saturated heterocycles. The Morgan fingerprint density at radius 3 is 2.67 bits per heavy atom. The molecule has 0 amide bonds. The number of benzene rings is 1. The molecule has 3 rings (SSSR count). The second-order valence-corrected chi connectivity index (χ2v) is 5.93. The van der Waals surface area contributed by atoms with Crippen LogP contribution in [-0.4, -0.2) is 22.6 Å². The van der Waals surface area contributed by atoms with Crippen molar-refractivity contribution >= 4 is 11.8 Å². The average Bonchev–Trinajstić information content (AvgIpc) is 2.45. The lowest BCUT2D eigenvalue weighted by molar-refractivity contribution is 0.717. The number of aryl methyl sites for hydroxylation is 1. The first-order chi connectivity index (χ1) is 10.1. The van der Waals surface area contributed by atoms with Crippen LogP contribution < -0.4 is 10.2 Å². The summed E-state index contributed by atoms with van der Waals surface area (Å²) in [4.78, 5) is 11.5. The Morgan fingerprint density at radius 2 is 1.90 bits per heavy atom. The predicted molar refractivity (Wildman–Crippen MR) is 86.7 cm³/mol. The molecular formula is C17H22N4. The minimum Gasteiger partial charge on any atom is -0.352 e. The van der Waals surface area contributed by atoms with E-state index in [-0.39, 0.29) is 0 Å². The van der Waals surface area contributed by atoms with Crippen LogP contribution in [0.2, 0.25) is 0 Å². The summed E-state index contributed by atoms with van der Waals surface area (Å²) in [6.45, 7) is 8.15. The van der Waals surface area contributed by atoms with Gasteiger partial charge in [0.1, 0.15) is 5.82 Å². The van der Waals surface area contributed by atoms with Gasteiger partial charge in [0.25, 0.3) is 0 Å². The fourth-order valence-electron chi connectivity index (χ4n) is 2.73. The van der Waals surface area contributed by atoms with Gasteiger partial charge in [0.15, 0.2) is 0 Å². The zero-order chi connectivity index (χ0) is 14.8. The predicted octanol–water partition coefficient (Wildman–Crippen LogP) is 3.17. The quantitative estimate of drug-likeness (QED) is 0.939. The summed E-state index contributed by atoms with van der Waals surface area (Å²) in [6.07, 6.45) is 1.08. The van der Waals surface area contributed by atoms with Crippen molar-refractivity contribution < 1.29 is 0 Å². The fourth-order valence-corrected chi connectivity index (χ4v) is 2.73. The number of hydrogen-bond acceptors (Lipinski definition) is 4. The molecule has 1 N–H and O–H groups in total. The van der Waals surface area contributed by atoms with E-state index >= 15 is 0 Å². The highest BCUT2D eigenvalue weighted by Gasteiger charge is 2.18. The Labute approximate surface area is 126 Å². The van der Waals surface area contributed by atoms with E-state index in [1.54, 1.807) is 0 Å². The lowest BCUT2D eigenvalue weighted by Gasteiger charge is -2.30. The van der Waals surface area contributed by atoms with Gasteiger partial charge < -0.3 is 10.2 Å². The topological polar surface area (TPSA) is 41.1 Å². The van der Waals surface area contributed by atoms with Crippen molar-refractivity contribution in [3.05, 3.63) is 47.2 Å². The smallest absolute Gasteiger partial charge is 0.225 e. The van der Waals surface area contributed by atoms with Crippen LogP contribution in [0.1, 0.15) is 30.7 Å². The SMILES string of the molecule is Cc1cc(N2CCc3ccccc3C2)nc(NC(C)C)n1. The van der Waals surface area contributed by atoms with E-state index in [0.717, 1.165) is 37.0 Å². The summed E-state index contributed by atoms with van der Waals surface area (Å²) < 4.78 is 0. The zero-order valence-corrected chi connectivity index (χ0v) is 12.9. The molecule has 0 saturated carbocycles. The third kappa shape index (κ3) is 3.15. The third-order valence-electron chi connectivity index (χ3n) is 3.71.